The molecular formula is C11H25IN4O. The lowest BCUT2D eigenvalue weighted by Gasteiger charge is -2.26. The number of halogens is 1. The van der Waals surface area contributed by atoms with Gasteiger partial charge in [0.25, 0.3) is 0 Å². The number of ether oxygens (including phenoxy) is 1. The average molecular weight is 356 g/mol. The summed E-state index contributed by atoms with van der Waals surface area (Å²) in [6.07, 6.45) is 1.14. The van der Waals surface area contributed by atoms with Crippen LogP contribution in [0.3, 0.4) is 0 Å². The van der Waals surface area contributed by atoms with Gasteiger partial charge in [-0.15, -0.1) is 24.0 Å². The van der Waals surface area contributed by atoms with E-state index >= 15 is 0 Å². The number of guanidine groups is 1. The summed E-state index contributed by atoms with van der Waals surface area (Å²) >= 11 is 0. The van der Waals surface area contributed by atoms with Crippen molar-refractivity contribution in [2.75, 3.05) is 53.0 Å². The van der Waals surface area contributed by atoms with E-state index in [1.807, 2.05) is 0 Å². The van der Waals surface area contributed by atoms with Gasteiger partial charge in [-0.25, -0.2) is 0 Å². The highest BCUT2D eigenvalue weighted by Gasteiger charge is 2.08. The van der Waals surface area contributed by atoms with Gasteiger partial charge in [0.05, 0.1) is 13.2 Å². The van der Waals surface area contributed by atoms with E-state index in [0.29, 0.717) is 0 Å². The molecule has 1 saturated heterocycles. The Hall–Kier alpha value is -0.0800. The first kappa shape index (κ1) is 16.9. The Morgan fingerprint density at radius 3 is 2.59 bits per heavy atom. The Kier molecular flexibility index (Phi) is 11.0. The summed E-state index contributed by atoms with van der Waals surface area (Å²) in [6.45, 7) is 8.99. The molecule has 0 radical (unpaired) electrons. The second-order valence-corrected chi connectivity index (χ2v) is 3.84. The maximum absolute atomic E-state index is 5.31. The number of rotatable bonds is 5. The van der Waals surface area contributed by atoms with E-state index in [9.17, 15) is 0 Å². The standard InChI is InChI=1S/C11H24N4O.HI/c1-3-13-11(12-2)14-5-4-6-15-7-9-16-10-8-15;/h3-10H2,1-2H3,(H2,12,13,14);1H. The normalized spacial score (nSPS) is 17.4. The largest absolute Gasteiger partial charge is 0.379 e. The zero-order chi connectivity index (χ0) is 11.6. The van der Waals surface area contributed by atoms with Crippen LogP contribution in [0.1, 0.15) is 13.3 Å². The van der Waals surface area contributed by atoms with Crippen molar-refractivity contribution in [2.24, 2.45) is 4.99 Å². The van der Waals surface area contributed by atoms with Crippen LogP contribution in [-0.4, -0.2) is 63.8 Å². The molecule has 0 aliphatic carbocycles. The minimum atomic E-state index is 0. The molecular weight excluding hydrogens is 331 g/mol. The summed E-state index contributed by atoms with van der Waals surface area (Å²) in [5.74, 6) is 0.893. The lowest BCUT2D eigenvalue weighted by molar-refractivity contribution is 0.0376. The molecule has 0 atom stereocenters. The maximum atomic E-state index is 5.31. The molecule has 0 bridgehead atoms. The highest BCUT2D eigenvalue weighted by Crippen LogP contribution is 1.97. The first-order valence-electron chi connectivity index (χ1n) is 6.11. The first-order valence-corrected chi connectivity index (χ1v) is 6.11. The van der Waals surface area contributed by atoms with Crippen LogP contribution < -0.4 is 10.6 Å². The van der Waals surface area contributed by atoms with Gasteiger partial charge >= 0.3 is 0 Å². The van der Waals surface area contributed by atoms with Crippen LogP contribution in [0, 0.1) is 0 Å². The Morgan fingerprint density at radius 2 is 2.00 bits per heavy atom. The number of morpholine rings is 1. The van der Waals surface area contributed by atoms with Gasteiger partial charge in [-0.1, -0.05) is 0 Å². The Balaban J connectivity index is 0.00000256. The van der Waals surface area contributed by atoms with E-state index in [1.54, 1.807) is 7.05 Å². The molecule has 0 spiro atoms. The van der Waals surface area contributed by atoms with E-state index in [4.69, 9.17) is 4.74 Å². The van der Waals surface area contributed by atoms with Crippen LogP contribution in [-0.2, 0) is 4.74 Å². The van der Waals surface area contributed by atoms with E-state index in [2.05, 4.69) is 27.4 Å². The molecule has 1 aliphatic rings. The summed E-state index contributed by atoms with van der Waals surface area (Å²) in [7, 11) is 1.80. The molecule has 1 aliphatic heterocycles. The molecule has 0 aromatic carbocycles. The van der Waals surface area contributed by atoms with Crippen molar-refractivity contribution in [1.29, 1.82) is 0 Å². The minimum Gasteiger partial charge on any atom is -0.379 e. The second kappa shape index (κ2) is 11.0. The smallest absolute Gasteiger partial charge is 0.190 e. The molecule has 5 nitrogen and oxygen atoms in total. The quantitative estimate of drug-likeness (QED) is 0.326. The molecule has 0 amide bonds. The van der Waals surface area contributed by atoms with E-state index in [1.165, 1.54) is 0 Å². The Labute approximate surface area is 121 Å². The molecule has 102 valence electrons. The molecule has 0 aromatic heterocycles. The van der Waals surface area contributed by atoms with Crippen LogP contribution >= 0.6 is 24.0 Å². The number of nitrogens with zero attached hydrogens (tertiary/aromatic N) is 2. The fourth-order valence-electron chi connectivity index (χ4n) is 1.72. The molecule has 2 N–H and O–H groups in total. The Bertz CT molecular complexity index is 208. The number of hydrogen-bond acceptors (Lipinski definition) is 3. The highest BCUT2D eigenvalue weighted by atomic mass is 127. The fraction of sp³-hybridized carbons (Fsp3) is 0.909. The summed E-state index contributed by atoms with van der Waals surface area (Å²) in [5, 5.41) is 6.47. The second-order valence-electron chi connectivity index (χ2n) is 3.84. The third-order valence-electron chi connectivity index (χ3n) is 2.62. The number of hydrogen-bond donors (Lipinski definition) is 2. The van der Waals surface area contributed by atoms with Crippen molar-refractivity contribution in [3.8, 4) is 0 Å². The molecule has 0 aromatic rings. The van der Waals surface area contributed by atoms with E-state index in [-0.39, 0.29) is 24.0 Å². The third-order valence-corrected chi connectivity index (χ3v) is 2.62. The van der Waals surface area contributed by atoms with E-state index < -0.39 is 0 Å². The molecule has 6 heteroatoms. The van der Waals surface area contributed by atoms with Gasteiger partial charge < -0.3 is 15.4 Å². The molecule has 1 fully saturated rings. The van der Waals surface area contributed by atoms with Gasteiger partial charge in [0.2, 0.25) is 0 Å². The van der Waals surface area contributed by atoms with E-state index in [0.717, 1.165) is 58.3 Å². The van der Waals surface area contributed by atoms with Crippen LogP contribution in [0.25, 0.3) is 0 Å². The third kappa shape index (κ3) is 7.77. The predicted octanol–water partition coefficient (Wildman–Crippen LogP) is 0.512. The van der Waals surface area contributed by atoms with Crippen LogP contribution in [0.5, 0.6) is 0 Å². The molecule has 1 heterocycles. The molecule has 1 rings (SSSR count). The summed E-state index contributed by atoms with van der Waals surface area (Å²) in [6, 6.07) is 0. The van der Waals surface area contributed by atoms with Gasteiger partial charge in [-0.2, -0.15) is 0 Å². The van der Waals surface area contributed by atoms with Crippen molar-refractivity contribution < 1.29 is 4.74 Å². The summed E-state index contributed by atoms with van der Waals surface area (Å²) < 4.78 is 5.31. The molecule has 0 unspecified atom stereocenters. The van der Waals surface area contributed by atoms with Gasteiger partial charge in [0, 0.05) is 33.2 Å². The van der Waals surface area contributed by atoms with Crippen molar-refractivity contribution in [3.63, 3.8) is 0 Å². The lowest BCUT2D eigenvalue weighted by Crippen LogP contribution is -2.40. The molecule has 0 saturated carbocycles. The van der Waals surface area contributed by atoms with Crippen LogP contribution in [0.2, 0.25) is 0 Å². The summed E-state index contributed by atoms with van der Waals surface area (Å²) in [4.78, 5) is 6.57. The first-order chi connectivity index (χ1) is 7.86. The summed E-state index contributed by atoms with van der Waals surface area (Å²) in [5.41, 5.74) is 0. The zero-order valence-electron chi connectivity index (χ0n) is 10.9. The monoisotopic (exact) mass is 356 g/mol. The van der Waals surface area contributed by atoms with Crippen LogP contribution in [0.15, 0.2) is 4.99 Å². The van der Waals surface area contributed by atoms with Gasteiger partial charge in [0.1, 0.15) is 0 Å². The van der Waals surface area contributed by atoms with Crippen LogP contribution in [0.4, 0.5) is 0 Å². The van der Waals surface area contributed by atoms with Gasteiger partial charge in [-0.05, 0) is 19.9 Å². The SMILES string of the molecule is CCNC(=NC)NCCCN1CCOCC1.I. The van der Waals surface area contributed by atoms with Crippen molar-refractivity contribution in [1.82, 2.24) is 15.5 Å². The average Bonchev–Trinajstić information content (AvgIpc) is 2.34. The van der Waals surface area contributed by atoms with Crippen molar-refractivity contribution in [2.45, 2.75) is 13.3 Å². The number of aliphatic imine (C=N–C) groups is 1. The van der Waals surface area contributed by atoms with Crippen molar-refractivity contribution >= 4 is 29.9 Å². The van der Waals surface area contributed by atoms with Crippen molar-refractivity contribution in [3.05, 3.63) is 0 Å². The number of nitrogens with one attached hydrogen (secondary N) is 2. The topological polar surface area (TPSA) is 48.9 Å². The van der Waals surface area contributed by atoms with Gasteiger partial charge in [0.15, 0.2) is 5.96 Å². The predicted molar refractivity (Wildman–Crippen MR) is 82.3 cm³/mol. The molecule has 17 heavy (non-hydrogen) atoms. The maximum Gasteiger partial charge on any atom is 0.190 e. The van der Waals surface area contributed by atoms with Gasteiger partial charge in [-0.3, -0.25) is 9.89 Å². The zero-order valence-corrected chi connectivity index (χ0v) is 13.2. The highest BCUT2D eigenvalue weighted by molar-refractivity contribution is 14.0. The minimum absolute atomic E-state index is 0. The Morgan fingerprint density at radius 1 is 1.29 bits per heavy atom. The lowest BCUT2D eigenvalue weighted by atomic mass is 10.3. The fourth-order valence-corrected chi connectivity index (χ4v) is 1.72.